The van der Waals surface area contributed by atoms with E-state index in [9.17, 15) is 27.6 Å². The van der Waals surface area contributed by atoms with Crippen molar-refractivity contribution in [3.8, 4) is 5.88 Å². The van der Waals surface area contributed by atoms with Gasteiger partial charge in [-0.05, 0) is 81.3 Å². The van der Waals surface area contributed by atoms with Crippen LogP contribution in [0.4, 0.5) is 4.79 Å². The minimum atomic E-state index is -3.89. The molecule has 3 saturated carbocycles. The third-order valence-electron chi connectivity index (χ3n) is 11.7. The molecule has 2 bridgehead atoms. The second-order valence-corrected chi connectivity index (χ2v) is 18.8. The molecule has 3 aliphatic carbocycles. The number of benzene rings is 1. The molecule has 0 radical (unpaired) electrons. The Bertz CT molecular complexity index is 1930. The number of ether oxygens (including phenoxy) is 2. The van der Waals surface area contributed by atoms with E-state index >= 15 is 0 Å². The maximum absolute atomic E-state index is 14.7. The van der Waals surface area contributed by atoms with Crippen LogP contribution < -0.4 is 20.1 Å². The van der Waals surface area contributed by atoms with Crippen LogP contribution in [0.15, 0.2) is 36.9 Å². The van der Waals surface area contributed by atoms with Crippen LogP contribution in [0.3, 0.4) is 0 Å². The number of aryl methyl sites for hydroxylation is 1. The minimum Gasteiger partial charge on any atom is -0.471 e. The molecule has 1 aromatic carbocycles. The third kappa shape index (κ3) is 7.92. The molecule has 0 spiro atoms. The Morgan fingerprint density at radius 3 is 2.41 bits per heavy atom. The van der Waals surface area contributed by atoms with Crippen molar-refractivity contribution in [2.45, 2.75) is 133 Å². The molecule has 1 unspecified atom stereocenters. The van der Waals surface area contributed by atoms with E-state index in [1.54, 1.807) is 0 Å². The number of para-hydroxylation sites is 2. The lowest BCUT2D eigenvalue weighted by atomic mass is 9.85. The maximum atomic E-state index is 14.7. The van der Waals surface area contributed by atoms with E-state index in [1.165, 1.54) is 11.0 Å². The molecule has 3 heterocycles. The first-order valence-corrected chi connectivity index (χ1v) is 20.9. The van der Waals surface area contributed by atoms with E-state index < -0.39 is 74.1 Å². The number of carbonyl (C=O) groups excluding carboxylic acids is 4. The van der Waals surface area contributed by atoms with Crippen molar-refractivity contribution in [2.24, 2.45) is 17.3 Å². The van der Waals surface area contributed by atoms with Gasteiger partial charge in [0.25, 0.3) is 5.91 Å². The highest BCUT2D eigenvalue weighted by Gasteiger charge is 2.62. The van der Waals surface area contributed by atoms with Gasteiger partial charge in [-0.25, -0.2) is 23.2 Å². The number of alkyl carbamates (subject to hydrolysis) is 1. The lowest BCUT2D eigenvalue weighted by Gasteiger charge is -2.35. The summed E-state index contributed by atoms with van der Waals surface area (Å²) in [7, 11) is -3.89. The number of fused-ring (bicyclic) bond motifs is 5. The maximum Gasteiger partial charge on any atom is 0.408 e. The zero-order chi connectivity index (χ0) is 38.4. The Kier molecular flexibility index (Phi) is 10.4. The van der Waals surface area contributed by atoms with Gasteiger partial charge in [-0.2, -0.15) is 0 Å². The van der Waals surface area contributed by atoms with Crippen molar-refractivity contribution in [3.05, 3.63) is 42.6 Å². The number of nitrogens with one attached hydrogen (secondary N) is 3. The van der Waals surface area contributed by atoms with Crippen LogP contribution in [0, 0.1) is 17.3 Å². The third-order valence-corrected chi connectivity index (χ3v) is 13.5. The van der Waals surface area contributed by atoms with E-state index in [0.29, 0.717) is 36.4 Å². The van der Waals surface area contributed by atoms with E-state index in [2.05, 4.69) is 21.9 Å². The van der Waals surface area contributed by atoms with Crippen molar-refractivity contribution in [3.63, 3.8) is 0 Å². The first kappa shape index (κ1) is 38.0. The monoisotopic (exact) mass is 764 g/mol. The number of nitrogens with zero attached hydrogens (tertiary/aromatic N) is 3. The predicted octanol–water partition coefficient (Wildman–Crippen LogP) is 4.07. The second kappa shape index (κ2) is 14.8. The number of sulfonamides is 1. The molecular weight excluding hydrogens is 713 g/mol. The van der Waals surface area contributed by atoms with Crippen molar-refractivity contribution < 1.29 is 37.1 Å². The average Bonchev–Trinajstić information content (AvgIpc) is 4.01. The van der Waals surface area contributed by atoms with E-state index in [0.717, 1.165) is 50.5 Å². The molecule has 292 valence electrons. The quantitative estimate of drug-likeness (QED) is 0.362. The van der Waals surface area contributed by atoms with Crippen molar-refractivity contribution in [1.29, 1.82) is 0 Å². The zero-order valence-electron chi connectivity index (χ0n) is 31.3. The lowest BCUT2D eigenvalue weighted by Crippen LogP contribution is -2.60. The molecule has 7 rings (SSSR count). The summed E-state index contributed by atoms with van der Waals surface area (Å²) in [4.78, 5) is 67.2. The van der Waals surface area contributed by atoms with Gasteiger partial charge in [0, 0.05) is 12.3 Å². The number of carbonyl (C=O) groups is 4. The fourth-order valence-corrected chi connectivity index (χ4v) is 9.66. The summed E-state index contributed by atoms with van der Waals surface area (Å²) in [5, 5.41) is 5.04. The predicted molar refractivity (Wildman–Crippen MR) is 199 cm³/mol. The van der Waals surface area contributed by atoms with Gasteiger partial charge in [0.05, 0.1) is 22.8 Å². The Hall–Kier alpha value is -4.27. The number of hydrogen-bond acceptors (Lipinski definition) is 10. The van der Waals surface area contributed by atoms with Crippen LogP contribution in [-0.4, -0.2) is 88.7 Å². The largest absolute Gasteiger partial charge is 0.471 e. The van der Waals surface area contributed by atoms with Crippen LogP contribution in [0.5, 0.6) is 5.88 Å². The van der Waals surface area contributed by atoms with Gasteiger partial charge in [0.1, 0.15) is 35.5 Å². The number of rotatable bonds is 6. The van der Waals surface area contributed by atoms with E-state index in [4.69, 9.17) is 19.4 Å². The molecule has 5 aliphatic rings. The topological polar surface area (TPSA) is 186 Å². The van der Waals surface area contributed by atoms with E-state index in [-0.39, 0.29) is 31.4 Å². The highest BCUT2D eigenvalue weighted by atomic mass is 32.2. The molecule has 4 fully saturated rings. The summed E-state index contributed by atoms with van der Waals surface area (Å²) in [5.74, 6) is -1.91. The molecule has 2 aliphatic heterocycles. The van der Waals surface area contributed by atoms with Crippen LogP contribution in [-0.2, 0) is 35.6 Å². The minimum absolute atomic E-state index is 0.0149. The van der Waals surface area contributed by atoms with Crippen LogP contribution in [0.2, 0.25) is 0 Å². The molecule has 2 aromatic rings. The van der Waals surface area contributed by atoms with Gasteiger partial charge in [-0.15, -0.1) is 6.58 Å². The van der Waals surface area contributed by atoms with Gasteiger partial charge >= 0.3 is 6.09 Å². The fraction of sp³-hybridized carbons (Fsp3) is 0.641. The summed E-state index contributed by atoms with van der Waals surface area (Å²) in [5.41, 5.74) is -0.237. The number of aromatic nitrogens is 2. The second-order valence-electron chi connectivity index (χ2n) is 16.8. The summed E-state index contributed by atoms with van der Waals surface area (Å²) in [6.45, 7) is 9.26. The van der Waals surface area contributed by atoms with Crippen LogP contribution in [0.25, 0.3) is 11.0 Å². The summed E-state index contributed by atoms with van der Waals surface area (Å²) < 4.78 is 40.2. The SMILES string of the molecule is C=CC1C[C@]1(NC(=O)[C@@H]1C[C@@H]2CN1C(=O)[C@H](C(C)(C)C)NC(=O)O[C@@H]1CCC[C@H]1CCCCCc1nc3ccccc3nc1O2)C(=O)NS(=O)(=O)C1CC1. The number of amides is 4. The Morgan fingerprint density at radius 2 is 1.72 bits per heavy atom. The summed E-state index contributed by atoms with van der Waals surface area (Å²) >= 11 is 0. The lowest BCUT2D eigenvalue weighted by molar-refractivity contribution is -0.143. The summed E-state index contributed by atoms with van der Waals surface area (Å²) in [6.07, 6.45) is 8.05. The standard InChI is InChI=1S/C39H52N6O8S/c1-5-24-21-39(24,36(48)44-54(50,51)26-18-19-26)43-33(46)30-20-25-22-45(30)35(47)32(38(2,3)4)42-37(49)53-31-17-11-13-23(31)12-7-6-8-16-29-34(52-25)41-28-15-10-9-14-27(28)40-29/h5,9-10,14-15,23-26,30-32H,1,6-8,11-13,16-22H2,2-4H3,(H,42,49)(H,43,46)(H,44,48)/t23-,24?,25-,30+,31-,32-,39-/m1/s1. The first-order chi connectivity index (χ1) is 25.7. The van der Waals surface area contributed by atoms with E-state index in [1.807, 2.05) is 45.0 Å². The Balaban J connectivity index is 1.21. The normalized spacial score (nSPS) is 30.8. The van der Waals surface area contributed by atoms with Gasteiger partial charge in [0.15, 0.2) is 0 Å². The van der Waals surface area contributed by atoms with Gasteiger partial charge < -0.3 is 25.0 Å². The molecule has 15 heteroatoms. The molecule has 1 saturated heterocycles. The average molecular weight is 765 g/mol. The van der Waals surface area contributed by atoms with Gasteiger partial charge in [-0.1, -0.05) is 51.8 Å². The molecule has 4 amide bonds. The van der Waals surface area contributed by atoms with Crippen LogP contribution in [0.1, 0.15) is 97.1 Å². The zero-order valence-corrected chi connectivity index (χ0v) is 32.2. The molecule has 54 heavy (non-hydrogen) atoms. The highest BCUT2D eigenvalue weighted by Crippen LogP contribution is 2.45. The molecule has 7 atom stereocenters. The van der Waals surface area contributed by atoms with Crippen molar-refractivity contribution in [1.82, 2.24) is 30.2 Å². The van der Waals surface area contributed by atoms with Crippen molar-refractivity contribution >= 4 is 44.9 Å². The van der Waals surface area contributed by atoms with Crippen LogP contribution >= 0.6 is 0 Å². The highest BCUT2D eigenvalue weighted by molar-refractivity contribution is 7.91. The summed E-state index contributed by atoms with van der Waals surface area (Å²) in [6, 6.07) is 5.34. The molecule has 3 N–H and O–H groups in total. The Labute approximate surface area is 316 Å². The first-order valence-electron chi connectivity index (χ1n) is 19.4. The Morgan fingerprint density at radius 1 is 1.00 bits per heavy atom. The number of hydrogen-bond donors (Lipinski definition) is 3. The van der Waals surface area contributed by atoms with Crippen molar-refractivity contribution in [2.75, 3.05) is 6.54 Å². The molecular formula is C39H52N6O8S. The smallest absolute Gasteiger partial charge is 0.408 e. The molecule has 1 aromatic heterocycles. The fourth-order valence-electron chi connectivity index (χ4n) is 8.30. The van der Waals surface area contributed by atoms with Gasteiger partial charge in [0.2, 0.25) is 27.7 Å². The molecule has 14 nitrogen and oxygen atoms in total. The van der Waals surface area contributed by atoms with Gasteiger partial charge in [-0.3, -0.25) is 19.1 Å².